The number of nitrogens with one attached hydrogen (secondary N) is 1. The lowest BCUT2D eigenvalue weighted by Crippen LogP contribution is -2.49. The molecule has 7 nitrogen and oxygen atoms in total. The average Bonchev–Trinajstić information content (AvgIpc) is 2.80. The molecule has 0 saturated carbocycles. The minimum Gasteiger partial charge on any atom is -0.354 e. The van der Waals surface area contributed by atoms with Crippen LogP contribution in [0.25, 0.3) is 0 Å². The Morgan fingerprint density at radius 2 is 1.74 bits per heavy atom. The van der Waals surface area contributed by atoms with Crippen LogP contribution in [-0.2, 0) is 26.0 Å². The second-order valence-corrected chi connectivity index (χ2v) is 10.5. The number of nitrogens with zero attached hydrogens (tertiary/aromatic N) is 2. The van der Waals surface area contributed by atoms with Crippen molar-refractivity contribution in [3.63, 3.8) is 0 Å². The predicted molar refractivity (Wildman–Crippen MR) is 137 cm³/mol. The first-order valence-corrected chi connectivity index (χ1v) is 13.6. The smallest absolute Gasteiger partial charge is 0.242 e. The number of benzene rings is 2. The van der Waals surface area contributed by atoms with Crippen LogP contribution in [0.3, 0.4) is 0 Å². The van der Waals surface area contributed by atoms with Gasteiger partial charge in [0.05, 0.1) is 11.9 Å². The fraction of sp³-hybridized carbons (Fsp3) is 0.462. The molecule has 0 heterocycles. The van der Waals surface area contributed by atoms with Crippen LogP contribution in [0, 0.1) is 6.92 Å². The van der Waals surface area contributed by atoms with Crippen LogP contribution in [0.4, 0.5) is 5.69 Å². The van der Waals surface area contributed by atoms with Crippen LogP contribution < -0.4 is 9.62 Å². The first kappa shape index (κ1) is 27.4. The molecule has 2 aromatic carbocycles. The first-order chi connectivity index (χ1) is 16.1. The van der Waals surface area contributed by atoms with Crippen molar-refractivity contribution < 1.29 is 18.0 Å². The van der Waals surface area contributed by atoms with Gasteiger partial charge in [0.1, 0.15) is 6.04 Å². The van der Waals surface area contributed by atoms with Gasteiger partial charge in [-0.05, 0) is 56.4 Å². The van der Waals surface area contributed by atoms with Gasteiger partial charge in [0.25, 0.3) is 0 Å². The number of carbonyl (C=O) groups is 2. The lowest BCUT2D eigenvalue weighted by molar-refractivity contribution is -0.139. The normalized spacial score (nSPS) is 12.1. The quantitative estimate of drug-likeness (QED) is 0.468. The van der Waals surface area contributed by atoms with Gasteiger partial charge < -0.3 is 10.2 Å². The molecule has 1 N–H and O–H groups in total. The van der Waals surface area contributed by atoms with Crippen molar-refractivity contribution in [1.82, 2.24) is 10.2 Å². The van der Waals surface area contributed by atoms with Crippen LogP contribution in [0.5, 0.6) is 0 Å². The Bertz CT molecular complexity index is 1040. The highest BCUT2D eigenvalue weighted by Crippen LogP contribution is 2.20. The second-order valence-electron chi connectivity index (χ2n) is 8.57. The average molecular weight is 488 g/mol. The van der Waals surface area contributed by atoms with Gasteiger partial charge in [-0.1, -0.05) is 49.4 Å². The molecule has 2 aromatic rings. The fourth-order valence-electron chi connectivity index (χ4n) is 3.75. The van der Waals surface area contributed by atoms with Gasteiger partial charge in [0.2, 0.25) is 21.8 Å². The number of rotatable bonds is 13. The molecule has 0 aliphatic heterocycles. The van der Waals surface area contributed by atoms with Crippen molar-refractivity contribution in [1.29, 1.82) is 0 Å². The van der Waals surface area contributed by atoms with Crippen LogP contribution in [0.15, 0.2) is 54.6 Å². The number of amides is 2. The second kappa shape index (κ2) is 13.1. The van der Waals surface area contributed by atoms with E-state index in [0.29, 0.717) is 31.6 Å². The molecular weight excluding hydrogens is 450 g/mol. The van der Waals surface area contributed by atoms with E-state index in [0.717, 1.165) is 17.5 Å². The maximum Gasteiger partial charge on any atom is 0.242 e. The summed E-state index contributed by atoms with van der Waals surface area (Å²) in [6.07, 6.45) is 3.12. The predicted octanol–water partition coefficient (Wildman–Crippen LogP) is 3.53. The topological polar surface area (TPSA) is 86.8 Å². The maximum atomic E-state index is 13.2. The number of hydrogen-bond acceptors (Lipinski definition) is 4. The summed E-state index contributed by atoms with van der Waals surface area (Å²) in [6, 6.07) is 16.5. The molecule has 34 heavy (non-hydrogen) atoms. The van der Waals surface area contributed by atoms with Crippen LogP contribution >= 0.6 is 0 Å². The Morgan fingerprint density at radius 1 is 1.03 bits per heavy atom. The van der Waals surface area contributed by atoms with Crippen molar-refractivity contribution in [2.24, 2.45) is 0 Å². The van der Waals surface area contributed by atoms with Crippen molar-refractivity contribution in [2.45, 2.75) is 52.5 Å². The standard InChI is InChI=1S/C26H37N3O4S/c1-5-17-27-26(31)22(3)28(19-16-23-12-7-6-8-13-23)25(30)15-10-18-29(34(4,32)33)24-14-9-11-21(2)20-24/h6-9,11-14,20,22H,5,10,15-19H2,1-4H3,(H,27,31)/t22-/m1/s1. The molecular formula is C26H37N3O4S. The highest BCUT2D eigenvalue weighted by Gasteiger charge is 2.26. The molecule has 0 radical (unpaired) electrons. The zero-order valence-electron chi connectivity index (χ0n) is 20.7. The van der Waals surface area contributed by atoms with Crippen LogP contribution in [0.2, 0.25) is 0 Å². The highest BCUT2D eigenvalue weighted by molar-refractivity contribution is 7.92. The van der Waals surface area contributed by atoms with Crippen molar-refractivity contribution in [2.75, 3.05) is 30.2 Å². The third-order valence-electron chi connectivity index (χ3n) is 5.64. The molecule has 0 bridgehead atoms. The zero-order valence-corrected chi connectivity index (χ0v) is 21.5. The van der Waals surface area contributed by atoms with Crippen molar-refractivity contribution in [3.8, 4) is 0 Å². The van der Waals surface area contributed by atoms with Gasteiger partial charge in [-0.25, -0.2) is 8.42 Å². The summed E-state index contributed by atoms with van der Waals surface area (Å²) < 4.78 is 26.1. The lowest BCUT2D eigenvalue weighted by atomic mass is 10.1. The zero-order chi connectivity index (χ0) is 25.1. The minimum absolute atomic E-state index is 0.151. The van der Waals surface area contributed by atoms with E-state index < -0.39 is 16.1 Å². The molecule has 186 valence electrons. The molecule has 0 aliphatic rings. The van der Waals surface area contributed by atoms with E-state index in [1.165, 1.54) is 10.6 Å². The monoisotopic (exact) mass is 487 g/mol. The summed E-state index contributed by atoms with van der Waals surface area (Å²) in [6.45, 7) is 6.79. The molecule has 2 rings (SSSR count). The largest absolute Gasteiger partial charge is 0.354 e. The van der Waals surface area contributed by atoms with E-state index >= 15 is 0 Å². The third kappa shape index (κ3) is 8.48. The van der Waals surface area contributed by atoms with Crippen molar-refractivity contribution >= 4 is 27.5 Å². The molecule has 1 atom stereocenters. The molecule has 0 spiro atoms. The van der Waals surface area contributed by atoms with Crippen LogP contribution in [-0.4, -0.2) is 57.1 Å². The van der Waals surface area contributed by atoms with E-state index in [1.807, 2.05) is 62.4 Å². The maximum absolute atomic E-state index is 13.2. The fourth-order valence-corrected chi connectivity index (χ4v) is 4.71. The molecule has 0 unspecified atom stereocenters. The summed E-state index contributed by atoms with van der Waals surface area (Å²) in [5.41, 5.74) is 2.63. The van der Waals surface area contributed by atoms with Crippen molar-refractivity contribution in [3.05, 3.63) is 65.7 Å². The summed E-state index contributed by atoms with van der Waals surface area (Å²) >= 11 is 0. The Hall–Kier alpha value is -2.87. The first-order valence-electron chi connectivity index (χ1n) is 11.8. The molecule has 0 fully saturated rings. The summed E-state index contributed by atoms with van der Waals surface area (Å²) in [7, 11) is -3.49. The molecule has 0 saturated heterocycles. The molecule has 8 heteroatoms. The Balaban J connectivity index is 2.09. The van der Waals surface area contributed by atoms with Gasteiger partial charge in [0, 0.05) is 26.1 Å². The number of hydrogen-bond donors (Lipinski definition) is 1. The SMILES string of the molecule is CCCNC(=O)[C@@H](C)N(CCc1ccccc1)C(=O)CCCN(c1cccc(C)c1)S(C)(=O)=O. The molecule has 2 amide bonds. The molecule has 0 aromatic heterocycles. The highest BCUT2D eigenvalue weighted by atomic mass is 32.2. The van der Waals surface area contributed by atoms with Gasteiger partial charge in [-0.2, -0.15) is 0 Å². The number of aryl methyl sites for hydroxylation is 1. The van der Waals surface area contributed by atoms with Gasteiger partial charge >= 0.3 is 0 Å². The van der Waals surface area contributed by atoms with Gasteiger partial charge in [-0.3, -0.25) is 13.9 Å². The van der Waals surface area contributed by atoms with Gasteiger partial charge in [0.15, 0.2) is 0 Å². The Morgan fingerprint density at radius 3 is 2.35 bits per heavy atom. The third-order valence-corrected chi connectivity index (χ3v) is 6.84. The van der Waals surface area contributed by atoms with E-state index in [9.17, 15) is 18.0 Å². The summed E-state index contributed by atoms with van der Waals surface area (Å²) in [5.74, 6) is -0.339. The van der Waals surface area contributed by atoms with E-state index in [1.54, 1.807) is 17.9 Å². The van der Waals surface area contributed by atoms with E-state index in [4.69, 9.17) is 0 Å². The summed E-state index contributed by atoms with van der Waals surface area (Å²) in [4.78, 5) is 27.4. The Kier molecular flexibility index (Phi) is 10.6. The van der Waals surface area contributed by atoms with E-state index in [-0.39, 0.29) is 24.8 Å². The number of carbonyl (C=O) groups excluding carboxylic acids is 2. The van der Waals surface area contributed by atoms with Gasteiger partial charge in [-0.15, -0.1) is 0 Å². The lowest BCUT2D eigenvalue weighted by Gasteiger charge is -2.29. The molecule has 0 aliphatic carbocycles. The Labute approximate surface area is 204 Å². The number of sulfonamides is 1. The van der Waals surface area contributed by atoms with Crippen LogP contribution in [0.1, 0.15) is 44.2 Å². The minimum atomic E-state index is -3.49. The number of anilines is 1. The van der Waals surface area contributed by atoms with E-state index in [2.05, 4.69) is 5.32 Å². The summed E-state index contributed by atoms with van der Waals surface area (Å²) in [5, 5.41) is 2.87.